The summed E-state index contributed by atoms with van der Waals surface area (Å²) in [7, 11) is 0. The van der Waals surface area contributed by atoms with Gasteiger partial charge in [-0.1, -0.05) is 6.07 Å². The molecule has 2 aliphatic carbocycles. The average Bonchev–Trinajstić information content (AvgIpc) is 4.01. The Balaban J connectivity index is 0.877. The summed E-state index contributed by atoms with van der Waals surface area (Å²) in [5, 5.41) is 17.8. The molecule has 0 bridgehead atoms. The zero-order valence-electron chi connectivity index (χ0n) is 33.8. The molecule has 3 aliphatic heterocycles. The molecule has 18 heteroatoms. The van der Waals surface area contributed by atoms with E-state index in [0.29, 0.717) is 49.5 Å². The highest BCUT2D eigenvalue weighted by Crippen LogP contribution is 2.51. The third kappa shape index (κ3) is 8.51. The first-order valence-electron chi connectivity index (χ1n) is 20.6. The Kier molecular flexibility index (Phi) is 11.5. The molecular formula is C43H46F3N9O5S. The first-order valence-corrected chi connectivity index (χ1v) is 21.0. The fraction of sp³-hybridized carbons (Fsp3) is 0.465. The highest BCUT2D eigenvalue weighted by molar-refractivity contribution is 7.81. The van der Waals surface area contributed by atoms with Gasteiger partial charge in [-0.05, 0) is 119 Å². The number of ether oxygens (including phenoxy) is 1. The first kappa shape index (κ1) is 42.1. The summed E-state index contributed by atoms with van der Waals surface area (Å²) >= 11 is 5.84. The van der Waals surface area contributed by atoms with Gasteiger partial charge >= 0.3 is 6.18 Å². The van der Waals surface area contributed by atoms with Gasteiger partial charge in [0.2, 0.25) is 17.7 Å². The number of benzene rings is 2. The van der Waals surface area contributed by atoms with Crippen LogP contribution in [0.1, 0.15) is 81.5 Å². The molecular weight excluding hydrogens is 812 g/mol. The summed E-state index contributed by atoms with van der Waals surface area (Å²) in [6.45, 7) is 6.96. The van der Waals surface area contributed by atoms with E-state index in [0.717, 1.165) is 60.8 Å². The van der Waals surface area contributed by atoms with Gasteiger partial charge in [0, 0.05) is 55.2 Å². The first-order chi connectivity index (χ1) is 29.1. The molecule has 0 radical (unpaired) electrons. The van der Waals surface area contributed by atoms with Crippen molar-refractivity contribution in [3.8, 4) is 11.8 Å². The van der Waals surface area contributed by atoms with Crippen molar-refractivity contribution in [3.05, 3.63) is 71.5 Å². The largest absolute Gasteiger partial charge is 0.492 e. The van der Waals surface area contributed by atoms with Gasteiger partial charge in [-0.25, -0.2) is 4.98 Å². The summed E-state index contributed by atoms with van der Waals surface area (Å²) in [6.07, 6.45) is 0.603. The zero-order valence-corrected chi connectivity index (χ0v) is 34.6. The molecule has 5 aliphatic rings. The highest BCUT2D eigenvalue weighted by Gasteiger charge is 2.60. The molecule has 1 unspecified atom stereocenters. The van der Waals surface area contributed by atoms with Gasteiger partial charge in [-0.3, -0.25) is 39.2 Å². The van der Waals surface area contributed by atoms with Crippen LogP contribution in [0.2, 0.25) is 0 Å². The van der Waals surface area contributed by atoms with Crippen LogP contribution in [-0.4, -0.2) is 100.0 Å². The van der Waals surface area contributed by atoms with Crippen LogP contribution in [0.5, 0.6) is 5.75 Å². The summed E-state index contributed by atoms with van der Waals surface area (Å²) < 4.78 is 48.0. The number of nitriles is 1. The van der Waals surface area contributed by atoms with Crippen LogP contribution in [0.25, 0.3) is 0 Å². The van der Waals surface area contributed by atoms with Crippen LogP contribution < -0.4 is 30.5 Å². The molecule has 2 aromatic carbocycles. The molecule has 61 heavy (non-hydrogen) atoms. The fourth-order valence-corrected chi connectivity index (χ4v) is 9.41. The van der Waals surface area contributed by atoms with E-state index in [2.05, 4.69) is 44.6 Å². The zero-order chi connectivity index (χ0) is 43.2. The number of anilines is 4. The van der Waals surface area contributed by atoms with E-state index in [1.54, 1.807) is 29.2 Å². The summed E-state index contributed by atoms with van der Waals surface area (Å²) in [5.74, 6) is -0.204. The molecule has 4 heterocycles. The SMILES string of the molecule is C[C@@H]1CN(CCOc2ccc(N3C(=S)N(c4cnc(C#N)c(C(F)(F)F)c4)C(=O)C34CCC4)cc2C2CC2)C[C@H](C)N1CC(=O)Nc1cccc(NC2CCC(=O)NC2=O)c1. The van der Waals surface area contributed by atoms with Crippen LogP contribution in [-0.2, 0) is 25.4 Å². The second-order valence-electron chi connectivity index (χ2n) is 16.6. The second-order valence-corrected chi connectivity index (χ2v) is 17.0. The predicted octanol–water partition coefficient (Wildman–Crippen LogP) is 5.54. The van der Waals surface area contributed by atoms with E-state index >= 15 is 0 Å². The maximum atomic E-state index is 14.0. The van der Waals surface area contributed by atoms with Crippen molar-refractivity contribution in [3.63, 3.8) is 0 Å². The maximum absolute atomic E-state index is 14.0. The molecule has 3 saturated heterocycles. The number of nitrogens with zero attached hydrogens (tertiary/aromatic N) is 6. The van der Waals surface area contributed by atoms with Crippen LogP contribution in [0.3, 0.4) is 0 Å². The molecule has 2 saturated carbocycles. The number of rotatable bonds is 12. The number of aromatic nitrogens is 1. The Morgan fingerprint density at radius 1 is 1.03 bits per heavy atom. The van der Waals surface area contributed by atoms with Gasteiger partial charge in [0.05, 0.1) is 24.0 Å². The number of nitrogens with one attached hydrogen (secondary N) is 3. The maximum Gasteiger partial charge on any atom is 0.419 e. The van der Waals surface area contributed by atoms with Gasteiger partial charge in [0.1, 0.15) is 30.0 Å². The number of imide groups is 1. The van der Waals surface area contributed by atoms with Gasteiger partial charge in [0.25, 0.3) is 5.91 Å². The van der Waals surface area contributed by atoms with E-state index in [1.807, 2.05) is 18.2 Å². The third-order valence-electron chi connectivity index (χ3n) is 12.3. The minimum Gasteiger partial charge on any atom is -0.492 e. The van der Waals surface area contributed by atoms with Crippen molar-refractivity contribution < 1.29 is 37.1 Å². The van der Waals surface area contributed by atoms with Crippen molar-refractivity contribution in [1.29, 1.82) is 5.26 Å². The van der Waals surface area contributed by atoms with E-state index in [9.17, 15) is 37.6 Å². The molecule has 3 atom stereocenters. The number of hydrogen-bond donors (Lipinski definition) is 3. The lowest BCUT2D eigenvalue weighted by atomic mass is 9.75. The molecule has 3 N–H and O–H groups in total. The third-order valence-corrected chi connectivity index (χ3v) is 12.7. The molecule has 1 spiro atoms. The van der Waals surface area contributed by atoms with Crippen molar-refractivity contribution in [2.24, 2.45) is 0 Å². The van der Waals surface area contributed by atoms with Crippen molar-refractivity contribution in [2.75, 3.05) is 53.2 Å². The minimum atomic E-state index is -4.85. The van der Waals surface area contributed by atoms with Crippen LogP contribution in [0, 0.1) is 11.3 Å². The number of amides is 4. The molecule has 8 rings (SSSR count). The molecule has 5 fully saturated rings. The number of alkyl halides is 3. The Labute approximate surface area is 356 Å². The van der Waals surface area contributed by atoms with Crippen LogP contribution in [0.4, 0.5) is 35.9 Å². The predicted molar refractivity (Wildman–Crippen MR) is 224 cm³/mol. The summed E-state index contributed by atoms with van der Waals surface area (Å²) in [4.78, 5) is 62.1. The number of hydrogen-bond acceptors (Lipinski definition) is 11. The van der Waals surface area contributed by atoms with E-state index in [4.69, 9.17) is 17.0 Å². The van der Waals surface area contributed by atoms with Crippen LogP contribution in [0.15, 0.2) is 54.7 Å². The number of pyridine rings is 1. The Morgan fingerprint density at radius 3 is 2.43 bits per heavy atom. The lowest BCUT2D eigenvalue weighted by Crippen LogP contribution is -2.58. The van der Waals surface area contributed by atoms with Crippen molar-refractivity contribution in [1.82, 2.24) is 20.1 Å². The van der Waals surface area contributed by atoms with Crippen molar-refractivity contribution >= 4 is 63.7 Å². The lowest BCUT2D eigenvalue weighted by molar-refractivity contribution is -0.138. The number of carbonyl (C=O) groups excluding carboxylic acids is 4. The Bertz CT molecular complexity index is 2300. The number of halogens is 3. The van der Waals surface area contributed by atoms with Crippen LogP contribution >= 0.6 is 12.2 Å². The molecule has 320 valence electrons. The standard InChI is InChI=1S/C43H46F3N9O5S/c1-25-22-52(23-26(2)53(25)24-38(57)50-29-6-3-5-28(17-29)49-34-10-12-37(56)51-39(34)58)15-16-60-36-11-9-30(18-32(36)27-7-8-27)55-41(61)54(40(59)42(55)13-4-14-42)31-19-33(43(44,45)46)35(20-47)48-21-31/h3,5-6,9,11,17-19,21,25-27,34,49H,4,7-8,10,12-16,22-24H2,1-2H3,(H,50,57)(H,51,56,58)/t25-,26+,34?. The Morgan fingerprint density at radius 2 is 1.77 bits per heavy atom. The van der Waals surface area contributed by atoms with E-state index in [1.165, 1.54) is 6.07 Å². The fourth-order valence-electron chi connectivity index (χ4n) is 8.94. The Hall–Kier alpha value is -5.64. The molecule has 1 aromatic heterocycles. The van der Waals surface area contributed by atoms with Crippen molar-refractivity contribution in [2.45, 2.75) is 94.6 Å². The normalized spacial score (nSPS) is 23.1. The summed E-state index contributed by atoms with van der Waals surface area (Å²) in [6, 6.07) is 14.8. The highest BCUT2D eigenvalue weighted by atomic mass is 32.1. The smallest absolute Gasteiger partial charge is 0.419 e. The topological polar surface area (TPSA) is 163 Å². The number of piperidine rings is 1. The lowest BCUT2D eigenvalue weighted by Gasteiger charge is -2.44. The van der Waals surface area contributed by atoms with Gasteiger partial charge in [-0.2, -0.15) is 18.4 Å². The number of piperazine rings is 1. The van der Waals surface area contributed by atoms with Gasteiger partial charge < -0.3 is 20.3 Å². The molecule has 4 amide bonds. The second kappa shape index (κ2) is 16.7. The quantitative estimate of drug-likeness (QED) is 0.154. The number of thiocarbonyl (C=S) groups is 1. The van der Waals surface area contributed by atoms with E-state index in [-0.39, 0.29) is 59.5 Å². The minimum absolute atomic E-state index is 0.0631. The monoisotopic (exact) mass is 857 g/mol. The van der Waals surface area contributed by atoms with Gasteiger partial charge in [-0.15, -0.1) is 0 Å². The summed E-state index contributed by atoms with van der Waals surface area (Å²) in [5.41, 5.74) is -0.220. The molecule has 3 aromatic rings. The average molecular weight is 858 g/mol. The number of carbonyl (C=O) groups is 4. The van der Waals surface area contributed by atoms with Gasteiger partial charge in [0.15, 0.2) is 10.8 Å². The van der Waals surface area contributed by atoms with E-state index < -0.39 is 34.9 Å². The molecule has 14 nitrogen and oxygen atoms in total.